The van der Waals surface area contributed by atoms with Crippen LogP contribution in [-0.2, 0) is 9.53 Å². The highest BCUT2D eigenvalue weighted by molar-refractivity contribution is 5.98. The van der Waals surface area contributed by atoms with Gasteiger partial charge in [-0.1, -0.05) is 18.2 Å². The molecular weight excluding hydrogens is 365 g/mol. The lowest BCUT2D eigenvalue weighted by molar-refractivity contribution is -0.137. The summed E-state index contributed by atoms with van der Waals surface area (Å²) >= 11 is 0. The van der Waals surface area contributed by atoms with Gasteiger partial charge in [0, 0.05) is 6.20 Å². The minimum absolute atomic E-state index is 0.0609. The average Bonchev–Trinajstić information content (AvgIpc) is 2.70. The number of para-hydroxylation sites is 1. The van der Waals surface area contributed by atoms with E-state index >= 15 is 0 Å². The molecule has 3 rings (SSSR count). The molecule has 0 aliphatic carbocycles. The first kappa shape index (κ1) is 18.8. The molecule has 0 aliphatic heterocycles. The van der Waals surface area contributed by atoms with Crippen molar-refractivity contribution in [2.24, 2.45) is 0 Å². The zero-order valence-corrected chi connectivity index (χ0v) is 14.8. The predicted octanol–water partition coefficient (Wildman–Crippen LogP) is 3.10. The van der Waals surface area contributed by atoms with E-state index in [-0.39, 0.29) is 29.4 Å². The smallest absolute Gasteiger partial charge is 0.348 e. The van der Waals surface area contributed by atoms with E-state index in [1.807, 2.05) is 0 Å². The number of nitriles is 1. The molecule has 7 nitrogen and oxygen atoms in total. The van der Waals surface area contributed by atoms with Gasteiger partial charge >= 0.3 is 5.97 Å². The number of fused-ring (bicyclic) bond motifs is 1. The lowest BCUT2D eigenvalue weighted by Crippen LogP contribution is -2.19. The van der Waals surface area contributed by atoms with Crippen LogP contribution in [0.5, 0.6) is 11.6 Å². The van der Waals surface area contributed by atoms with Crippen LogP contribution in [0.2, 0.25) is 0 Å². The number of esters is 1. The van der Waals surface area contributed by atoms with E-state index in [4.69, 9.17) is 9.47 Å². The number of pyridine rings is 1. The predicted molar refractivity (Wildman–Crippen MR) is 98.2 cm³/mol. The summed E-state index contributed by atoms with van der Waals surface area (Å²) in [5.41, 5.74) is -0.925. The number of hydrogen-bond donors (Lipinski definition) is 0. The molecule has 0 unspecified atom stereocenters. The Morgan fingerprint density at radius 2 is 2.04 bits per heavy atom. The van der Waals surface area contributed by atoms with Gasteiger partial charge in [0.15, 0.2) is 11.6 Å². The third-order valence-corrected chi connectivity index (χ3v) is 3.68. The van der Waals surface area contributed by atoms with Gasteiger partial charge in [-0.05, 0) is 37.3 Å². The molecular formula is C20H14FN3O4. The summed E-state index contributed by atoms with van der Waals surface area (Å²) in [6, 6.07) is 12.2. The van der Waals surface area contributed by atoms with Crippen LogP contribution in [0.25, 0.3) is 11.7 Å². The Kier molecular flexibility index (Phi) is 5.46. The fraction of sp³-hybridized carbons (Fsp3) is 0.100. The Bertz CT molecular complexity index is 1180. The number of carbonyl (C=O) groups excluding carboxylic acids is 1. The van der Waals surface area contributed by atoms with E-state index in [1.165, 1.54) is 28.8 Å². The van der Waals surface area contributed by atoms with Crippen molar-refractivity contribution in [3.63, 3.8) is 0 Å². The molecule has 2 heterocycles. The number of aromatic nitrogens is 2. The molecule has 2 aromatic heterocycles. The van der Waals surface area contributed by atoms with Crippen molar-refractivity contribution in [3.8, 4) is 17.7 Å². The van der Waals surface area contributed by atoms with Crippen LogP contribution in [0.4, 0.5) is 4.39 Å². The third kappa shape index (κ3) is 3.73. The number of hydrogen-bond acceptors (Lipinski definition) is 6. The Balaban J connectivity index is 2.23. The second kappa shape index (κ2) is 8.14. The van der Waals surface area contributed by atoms with Gasteiger partial charge in [0.1, 0.15) is 22.9 Å². The van der Waals surface area contributed by atoms with Crippen LogP contribution in [0.1, 0.15) is 12.5 Å². The molecule has 0 aliphatic rings. The van der Waals surface area contributed by atoms with Crippen molar-refractivity contribution in [2.75, 3.05) is 6.61 Å². The fourth-order valence-electron chi connectivity index (χ4n) is 2.41. The summed E-state index contributed by atoms with van der Waals surface area (Å²) in [5.74, 6) is -1.94. The number of benzene rings is 1. The van der Waals surface area contributed by atoms with Gasteiger partial charge in [0.25, 0.3) is 5.56 Å². The van der Waals surface area contributed by atoms with Crippen LogP contribution >= 0.6 is 0 Å². The van der Waals surface area contributed by atoms with E-state index in [1.54, 1.807) is 37.3 Å². The number of rotatable bonds is 5. The monoisotopic (exact) mass is 379 g/mol. The zero-order valence-electron chi connectivity index (χ0n) is 14.8. The molecule has 0 N–H and O–H groups in total. The van der Waals surface area contributed by atoms with Gasteiger partial charge in [-0.3, -0.25) is 9.20 Å². The molecule has 1 aromatic carbocycles. The summed E-state index contributed by atoms with van der Waals surface area (Å²) in [5, 5.41) is 9.26. The van der Waals surface area contributed by atoms with Gasteiger partial charge in [0.2, 0.25) is 5.88 Å². The third-order valence-electron chi connectivity index (χ3n) is 3.68. The Hall–Kier alpha value is -3.99. The molecule has 140 valence electrons. The van der Waals surface area contributed by atoms with Crippen molar-refractivity contribution >= 4 is 17.7 Å². The van der Waals surface area contributed by atoms with Gasteiger partial charge in [-0.2, -0.15) is 10.2 Å². The lowest BCUT2D eigenvalue weighted by Gasteiger charge is -2.10. The van der Waals surface area contributed by atoms with Gasteiger partial charge in [-0.25, -0.2) is 9.18 Å². The van der Waals surface area contributed by atoms with Gasteiger partial charge in [-0.15, -0.1) is 0 Å². The molecule has 0 amide bonds. The van der Waals surface area contributed by atoms with Crippen LogP contribution in [0.3, 0.4) is 0 Å². The highest BCUT2D eigenvalue weighted by Gasteiger charge is 2.18. The molecule has 0 atom stereocenters. The molecule has 0 bridgehead atoms. The minimum Gasteiger partial charge on any atom is -0.462 e. The number of halogens is 1. The quantitative estimate of drug-likeness (QED) is 0.384. The van der Waals surface area contributed by atoms with Crippen LogP contribution < -0.4 is 10.3 Å². The SMILES string of the molecule is CCOC(=O)C(C#N)=Cc1c(Oc2ccccc2F)nc2ccccn2c1=O. The van der Waals surface area contributed by atoms with Crippen LogP contribution in [0, 0.1) is 17.1 Å². The molecule has 0 radical (unpaired) electrons. The van der Waals surface area contributed by atoms with Crippen molar-refractivity contribution in [1.82, 2.24) is 9.38 Å². The summed E-state index contributed by atoms with van der Waals surface area (Å²) in [7, 11) is 0. The normalized spacial score (nSPS) is 11.1. The number of nitrogens with zero attached hydrogens (tertiary/aromatic N) is 3. The molecule has 0 spiro atoms. The summed E-state index contributed by atoms with van der Waals surface area (Å²) in [6.45, 7) is 1.65. The topological polar surface area (TPSA) is 93.7 Å². The first-order chi connectivity index (χ1) is 13.5. The highest BCUT2D eigenvalue weighted by atomic mass is 19.1. The summed E-state index contributed by atoms with van der Waals surface area (Å²) < 4.78 is 25.5. The first-order valence-electron chi connectivity index (χ1n) is 8.27. The van der Waals surface area contributed by atoms with E-state index in [9.17, 15) is 19.2 Å². The van der Waals surface area contributed by atoms with Crippen LogP contribution in [-0.4, -0.2) is 22.0 Å². The van der Waals surface area contributed by atoms with E-state index in [2.05, 4.69) is 4.98 Å². The number of ether oxygens (including phenoxy) is 2. The van der Waals surface area contributed by atoms with Crippen LogP contribution in [0.15, 0.2) is 59.0 Å². The molecule has 28 heavy (non-hydrogen) atoms. The highest BCUT2D eigenvalue weighted by Crippen LogP contribution is 2.26. The maximum absolute atomic E-state index is 14.0. The van der Waals surface area contributed by atoms with E-state index in [0.717, 1.165) is 6.08 Å². The van der Waals surface area contributed by atoms with Crippen molar-refractivity contribution in [2.45, 2.75) is 6.92 Å². The first-order valence-corrected chi connectivity index (χ1v) is 8.27. The summed E-state index contributed by atoms with van der Waals surface area (Å²) in [4.78, 5) is 29.1. The molecule has 0 fully saturated rings. The Morgan fingerprint density at radius 3 is 2.75 bits per heavy atom. The Morgan fingerprint density at radius 1 is 1.29 bits per heavy atom. The average molecular weight is 379 g/mol. The molecule has 3 aromatic rings. The minimum atomic E-state index is -0.889. The second-order valence-corrected chi connectivity index (χ2v) is 5.49. The maximum atomic E-state index is 14.0. The molecule has 0 saturated heterocycles. The van der Waals surface area contributed by atoms with E-state index < -0.39 is 22.9 Å². The van der Waals surface area contributed by atoms with E-state index in [0.29, 0.717) is 0 Å². The van der Waals surface area contributed by atoms with Crippen molar-refractivity contribution in [1.29, 1.82) is 5.26 Å². The van der Waals surface area contributed by atoms with Crippen molar-refractivity contribution < 1.29 is 18.7 Å². The van der Waals surface area contributed by atoms with Gasteiger partial charge < -0.3 is 9.47 Å². The molecule has 0 saturated carbocycles. The van der Waals surface area contributed by atoms with Crippen molar-refractivity contribution in [3.05, 3.63) is 76.0 Å². The van der Waals surface area contributed by atoms with Gasteiger partial charge in [0.05, 0.1) is 6.61 Å². The Labute approximate surface area is 158 Å². The second-order valence-electron chi connectivity index (χ2n) is 5.49. The number of carbonyl (C=O) groups is 1. The summed E-state index contributed by atoms with van der Waals surface area (Å²) in [6.07, 6.45) is 2.51. The molecule has 8 heteroatoms. The lowest BCUT2D eigenvalue weighted by atomic mass is 10.2. The zero-order chi connectivity index (χ0) is 20.1. The maximum Gasteiger partial charge on any atom is 0.348 e. The largest absolute Gasteiger partial charge is 0.462 e. The standard InChI is InChI=1S/C20H14FN3O4/c1-2-27-20(26)13(12-22)11-14-18(28-16-8-4-3-7-15(16)21)23-17-9-5-6-10-24(17)19(14)25/h3-11H,2H2,1H3. The fourth-order valence-corrected chi connectivity index (χ4v) is 2.41.